The van der Waals surface area contributed by atoms with Crippen LogP contribution in [0, 0.1) is 0 Å². The van der Waals surface area contributed by atoms with Crippen molar-refractivity contribution in [2.45, 2.75) is 65.5 Å². The molecule has 6 heteroatoms. The molecule has 4 aromatic rings. The number of carbonyl (C=O) groups excluding carboxylic acids is 1. The zero-order chi connectivity index (χ0) is 27.7. The molecule has 0 fully saturated rings. The van der Waals surface area contributed by atoms with Crippen LogP contribution < -0.4 is 11.4 Å². The van der Waals surface area contributed by atoms with E-state index < -0.39 is 0 Å². The number of phenolic OH excluding ortho intramolecular Hbond substituents is 1. The number of benzene rings is 3. The van der Waals surface area contributed by atoms with Crippen molar-refractivity contribution in [1.82, 2.24) is 9.13 Å². The molecule has 0 atom stereocenters. The van der Waals surface area contributed by atoms with Crippen molar-refractivity contribution >= 4 is 17.2 Å². The fourth-order valence-corrected chi connectivity index (χ4v) is 4.46. The van der Waals surface area contributed by atoms with Gasteiger partial charge < -0.3 is 20.0 Å². The molecular formula is C32H38N4O2. The molecule has 3 aromatic carbocycles. The van der Waals surface area contributed by atoms with E-state index in [0.29, 0.717) is 23.4 Å². The van der Waals surface area contributed by atoms with Gasteiger partial charge >= 0.3 is 0 Å². The lowest BCUT2D eigenvalue weighted by molar-refractivity contribution is 0.0970. The molecule has 3 N–H and O–H groups in total. The van der Waals surface area contributed by atoms with E-state index in [-0.39, 0.29) is 28.9 Å². The number of imidazole rings is 1. The van der Waals surface area contributed by atoms with E-state index in [1.54, 1.807) is 0 Å². The topological polar surface area (TPSA) is 85.5 Å². The fourth-order valence-electron chi connectivity index (χ4n) is 4.46. The van der Waals surface area contributed by atoms with Gasteiger partial charge in [0.2, 0.25) is 5.62 Å². The van der Waals surface area contributed by atoms with Crippen LogP contribution in [0.2, 0.25) is 0 Å². The van der Waals surface area contributed by atoms with Crippen LogP contribution in [0.25, 0.3) is 0 Å². The molecule has 198 valence electrons. The number of ketones is 1. The molecule has 0 aliphatic rings. The van der Waals surface area contributed by atoms with Crippen LogP contribution in [0.3, 0.4) is 0 Å². The number of nitrogens with zero attached hydrogens (tertiary/aromatic N) is 3. The lowest BCUT2D eigenvalue weighted by Crippen LogP contribution is -2.29. The van der Waals surface area contributed by atoms with E-state index in [1.807, 2.05) is 118 Å². The number of aromatic nitrogens is 2. The van der Waals surface area contributed by atoms with Gasteiger partial charge in [-0.15, -0.1) is 0 Å². The van der Waals surface area contributed by atoms with Crippen molar-refractivity contribution in [3.05, 3.63) is 107 Å². The molecule has 0 unspecified atom stereocenters. The van der Waals surface area contributed by atoms with Crippen LogP contribution in [-0.4, -0.2) is 20.0 Å². The molecular weight excluding hydrogens is 472 g/mol. The summed E-state index contributed by atoms with van der Waals surface area (Å²) in [6.45, 7) is 13.0. The summed E-state index contributed by atoms with van der Waals surface area (Å²) in [5.41, 5.74) is 10.6. The van der Waals surface area contributed by atoms with Crippen LogP contribution in [0.5, 0.6) is 5.75 Å². The third-order valence-corrected chi connectivity index (χ3v) is 6.62. The van der Waals surface area contributed by atoms with Crippen molar-refractivity contribution in [2.24, 2.45) is 4.99 Å². The standard InChI is InChI=1S/C32H38N4O2/c1-31(2,3)26-18-23(19-27(29(26)38)32(4,5)6)28(37)21-36-17-16-35(20-22-10-8-7-9-11-22)30(36)34-25-14-12-24(33)13-15-25/h7-19,38H,20-21,33H2,1-6H3. The Balaban J connectivity index is 1.78. The van der Waals surface area contributed by atoms with Gasteiger partial charge in [0.15, 0.2) is 5.78 Å². The lowest BCUT2D eigenvalue weighted by Gasteiger charge is -2.28. The Labute approximate surface area is 225 Å². The van der Waals surface area contributed by atoms with Crippen LogP contribution >= 0.6 is 0 Å². The predicted molar refractivity (Wildman–Crippen MR) is 154 cm³/mol. The summed E-state index contributed by atoms with van der Waals surface area (Å²) in [5, 5.41) is 11.1. The maximum atomic E-state index is 13.7. The smallest absolute Gasteiger partial charge is 0.210 e. The normalized spacial score (nSPS) is 12.6. The van der Waals surface area contributed by atoms with Gasteiger partial charge in [0.05, 0.1) is 18.8 Å². The van der Waals surface area contributed by atoms with E-state index >= 15 is 0 Å². The number of hydrogen-bond acceptors (Lipinski definition) is 4. The van der Waals surface area contributed by atoms with E-state index in [0.717, 1.165) is 22.4 Å². The Bertz CT molecular complexity index is 1460. The first-order chi connectivity index (χ1) is 17.8. The van der Waals surface area contributed by atoms with Gasteiger partial charge in [-0.2, -0.15) is 0 Å². The maximum Gasteiger partial charge on any atom is 0.210 e. The number of phenols is 1. The largest absolute Gasteiger partial charge is 0.507 e. The Kier molecular flexibility index (Phi) is 7.36. The average molecular weight is 511 g/mol. The SMILES string of the molecule is CC(C)(C)c1cc(C(=O)Cn2ccn(Cc3ccccc3)c2=Nc2ccc(N)cc2)cc(C(C)(C)C)c1O. The van der Waals surface area contributed by atoms with Crippen LogP contribution in [0.1, 0.15) is 68.6 Å². The highest BCUT2D eigenvalue weighted by atomic mass is 16.3. The highest BCUT2D eigenvalue weighted by Gasteiger charge is 2.28. The van der Waals surface area contributed by atoms with E-state index in [2.05, 4.69) is 12.1 Å². The Morgan fingerprint density at radius 2 is 1.39 bits per heavy atom. The van der Waals surface area contributed by atoms with Gasteiger partial charge in [0.25, 0.3) is 0 Å². The first kappa shape index (κ1) is 27.0. The number of nitrogen functional groups attached to an aromatic ring is 1. The number of aromatic hydroxyl groups is 1. The predicted octanol–water partition coefficient (Wildman–Crippen LogP) is 6.34. The molecule has 0 spiro atoms. The third-order valence-electron chi connectivity index (χ3n) is 6.62. The third kappa shape index (κ3) is 6.08. The number of rotatable bonds is 6. The van der Waals surface area contributed by atoms with Gasteiger partial charge in [-0.3, -0.25) is 4.79 Å². The second-order valence-corrected chi connectivity index (χ2v) is 11.9. The summed E-state index contributed by atoms with van der Waals surface area (Å²) in [5.74, 6) is 0.222. The van der Waals surface area contributed by atoms with Gasteiger partial charge in [0.1, 0.15) is 5.75 Å². The summed E-state index contributed by atoms with van der Waals surface area (Å²) in [6, 6.07) is 21.2. The van der Waals surface area contributed by atoms with E-state index in [1.165, 1.54) is 0 Å². The first-order valence-electron chi connectivity index (χ1n) is 12.9. The highest BCUT2D eigenvalue weighted by Crippen LogP contribution is 2.39. The van der Waals surface area contributed by atoms with Crippen molar-refractivity contribution in [3.8, 4) is 5.75 Å². The molecule has 38 heavy (non-hydrogen) atoms. The lowest BCUT2D eigenvalue weighted by atomic mass is 9.78. The summed E-state index contributed by atoms with van der Waals surface area (Å²) < 4.78 is 3.92. The number of Topliss-reactive ketones (excluding diaryl/α,β-unsaturated/α-hetero) is 1. The number of nitrogens with two attached hydrogens (primary N) is 1. The summed E-state index contributed by atoms with van der Waals surface area (Å²) >= 11 is 0. The second-order valence-electron chi connectivity index (χ2n) is 11.9. The van der Waals surface area contributed by atoms with Crippen LogP contribution in [0.15, 0.2) is 84.1 Å². The minimum absolute atomic E-state index is 0.0442. The molecule has 0 amide bonds. The Morgan fingerprint density at radius 3 is 1.95 bits per heavy atom. The molecule has 6 nitrogen and oxygen atoms in total. The number of anilines is 1. The molecule has 1 aromatic heterocycles. The fraction of sp³-hybridized carbons (Fsp3) is 0.312. The summed E-state index contributed by atoms with van der Waals surface area (Å²) in [6.07, 6.45) is 3.85. The maximum absolute atomic E-state index is 13.7. The highest BCUT2D eigenvalue weighted by molar-refractivity contribution is 5.96. The molecule has 0 aliphatic heterocycles. The quantitative estimate of drug-likeness (QED) is 0.235. The minimum atomic E-state index is -0.317. The molecule has 0 radical (unpaired) electrons. The minimum Gasteiger partial charge on any atom is -0.507 e. The molecule has 4 rings (SSSR count). The second kappa shape index (κ2) is 10.4. The van der Waals surface area contributed by atoms with Gasteiger partial charge in [0, 0.05) is 34.8 Å². The van der Waals surface area contributed by atoms with Crippen molar-refractivity contribution < 1.29 is 9.90 Å². The first-order valence-corrected chi connectivity index (χ1v) is 12.9. The van der Waals surface area contributed by atoms with Crippen molar-refractivity contribution in [3.63, 3.8) is 0 Å². The molecule has 0 aliphatic carbocycles. The number of hydrogen-bond donors (Lipinski definition) is 2. The number of carbonyl (C=O) groups is 1. The van der Waals surface area contributed by atoms with Gasteiger partial charge in [-0.05, 0) is 52.8 Å². The summed E-state index contributed by atoms with van der Waals surface area (Å²) in [7, 11) is 0. The average Bonchev–Trinajstić information content (AvgIpc) is 3.20. The van der Waals surface area contributed by atoms with Gasteiger partial charge in [-0.25, -0.2) is 4.99 Å². The van der Waals surface area contributed by atoms with Gasteiger partial charge in [-0.1, -0.05) is 71.9 Å². The zero-order valence-electron chi connectivity index (χ0n) is 23.2. The van der Waals surface area contributed by atoms with Crippen molar-refractivity contribution in [1.29, 1.82) is 0 Å². The Hall–Kier alpha value is -4.06. The van der Waals surface area contributed by atoms with Crippen LogP contribution in [-0.2, 0) is 23.9 Å². The van der Waals surface area contributed by atoms with E-state index in [9.17, 15) is 9.90 Å². The monoisotopic (exact) mass is 510 g/mol. The molecule has 0 saturated carbocycles. The Morgan fingerprint density at radius 1 is 0.842 bits per heavy atom. The molecule has 0 bridgehead atoms. The molecule has 1 heterocycles. The summed E-state index contributed by atoms with van der Waals surface area (Å²) in [4.78, 5) is 18.6. The van der Waals surface area contributed by atoms with Crippen LogP contribution in [0.4, 0.5) is 11.4 Å². The molecule has 0 saturated heterocycles. The van der Waals surface area contributed by atoms with Crippen molar-refractivity contribution in [2.75, 3.05) is 5.73 Å². The van der Waals surface area contributed by atoms with E-state index in [4.69, 9.17) is 10.7 Å². The zero-order valence-corrected chi connectivity index (χ0v) is 23.2.